The van der Waals surface area contributed by atoms with Crippen molar-refractivity contribution in [2.24, 2.45) is 0 Å². The van der Waals surface area contributed by atoms with Gasteiger partial charge in [0.25, 0.3) is 5.56 Å². The van der Waals surface area contributed by atoms with Gasteiger partial charge in [-0.05, 0) is 46.1 Å². The van der Waals surface area contributed by atoms with Crippen LogP contribution in [0.15, 0.2) is 47.0 Å². The Balaban J connectivity index is 1.86. The number of piperidine rings is 1. The maximum Gasteiger partial charge on any atom is 0.278 e. The first-order valence-electron chi connectivity index (χ1n) is 11.4. The number of carbonyl (C=O) groups is 1. The number of anilines is 1. The highest BCUT2D eigenvalue weighted by molar-refractivity contribution is 5.96. The Kier molecular flexibility index (Phi) is 6.45. The van der Waals surface area contributed by atoms with Crippen LogP contribution < -0.4 is 10.5 Å². The Labute approximate surface area is 193 Å². The van der Waals surface area contributed by atoms with Crippen LogP contribution in [0.4, 0.5) is 5.82 Å². The number of ketones is 1. The molecule has 1 fully saturated rings. The molecule has 0 spiro atoms. The third-order valence-electron chi connectivity index (χ3n) is 6.10. The van der Waals surface area contributed by atoms with Crippen LogP contribution in [0.25, 0.3) is 11.0 Å². The van der Waals surface area contributed by atoms with E-state index in [1.165, 1.54) is 17.3 Å². The molecule has 0 aliphatic carbocycles. The van der Waals surface area contributed by atoms with E-state index in [4.69, 9.17) is 0 Å². The molecule has 0 atom stereocenters. The highest BCUT2D eigenvalue weighted by Gasteiger charge is 2.26. The predicted molar refractivity (Wildman–Crippen MR) is 130 cm³/mol. The number of nitrogens with zero attached hydrogens (tertiary/aromatic N) is 5. The topological polar surface area (TPSA) is 83.9 Å². The second-order valence-corrected chi connectivity index (χ2v) is 8.92. The van der Waals surface area contributed by atoms with Crippen LogP contribution in [-0.2, 0) is 13.1 Å². The highest BCUT2D eigenvalue weighted by atomic mass is 16.1. The SMILES string of the molecule is CC(C)=CCn1c(N2CCCCC2)c(C#N)c2ncn(CC(=O)c3cccc(C)c3)c(=O)c21. The van der Waals surface area contributed by atoms with E-state index in [1.54, 1.807) is 6.07 Å². The van der Waals surface area contributed by atoms with Crippen molar-refractivity contribution in [3.63, 3.8) is 0 Å². The number of allylic oxidation sites excluding steroid dienone is 2. The minimum atomic E-state index is -0.303. The Morgan fingerprint density at radius 2 is 1.97 bits per heavy atom. The summed E-state index contributed by atoms with van der Waals surface area (Å²) >= 11 is 0. The lowest BCUT2D eigenvalue weighted by Gasteiger charge is -2.29. The zero-order chi connectivity index (χ0) is 23.5. The largest absolute Gasteiger partial charge is 0.357 e. The number of hydrogen-bond donors (Lipinski definition) is 0. The third kappa shape index (κ3) is 4.47. The second kappa shape index (κ2) is 9.45. The zero-order valence-electron chi connectivity index (χ0n) is 19.5. The van der Waals surface area contributed by atoms with Crippen molar-refractivity contribution in [3.8, 4) is 6.07 Å². The lowest BCUT2D eigenvalue weighted by atomic mass is 10.1. The molecule has 2 aromatic heterocycles. The predicted octanol–water partition coefficient (Wildman–Crippen LogP) is 4.22. The van der Waals surface area contributed by atoms with Gasteiger partial charge in [-0.3, -0.25) is 14.2 Å². The van der Waals surface area contributed by atoms with Crippen molar-refractivity contribution < 1.29 is 4.79 Å². The average Bonchev–Trinajstić information content (AvgIpc) is 3.14. The maximum absolute atomic E-state index is 13.6. The van der Waals surface area contributed by atoms with E-state index >= 15 is 0 Å². The van der Waals surface area contributed by atoms with E-state index < -0.39 is 0 Å². The molecule has 7 nitrogen and oxygen atoms in total. The van der Waals surface area contributed by atoms with Gasteiger partial charge < -0.3 is 9.47 Å². The lowest BCUT2D eigenvalue weighted by molar-refractivity contribution is 0.0970. The van der Waals surface area contributed by atoms with Gasteiger partial charge in [-0.15, -0.1) is 0 Å². The van der Waals surface area contributed by atoms with Gasteiger partial charge in [0, 0.05) is 25.2 Å². The van der Waals surface area contributed by atoms with Crippen molar-refractivity contribution >= 4 is 22.6 Å². The molecule has 0 N–H and O–H groups in total. The minimum Gasteiger partial charge on any atom is -0.357 e. The zero-order valence-corrected chi connectivity index (χ0v) is 19.5. The molecule has 33 heavy (non-hydrogen) atoms. The van der Waals surface area contributed by atoms with Crippen LogP contribution in [0.5, 0.6) is 0 Å². The molecule has 3 heterocycles. The van der Waals surface area contributed by atoms with Crippen LogP contribution in [0.3, 0.4) is 0 Å². The fraction of sp³-hybridized carbons (Fsp3) is 0.385. The average molecular weight is 444 g/mol. The van der Waals surface area contributed by atoms with Gasteiger partial charge in [0.05, 0.1) is 12.9 Å². The summed E-state index contributed by atoms with van der Waals surface area (Å²) in [4.78, 5) is 33.2. The van der Waals surface area contributed by atoms with E-state index in [0.29, 0.717) is 28.7 Å². The number of Topliss-reactive ketones (excluding diaryl/α,β-unsaturated/α-hetero) is 1. The van der Waals surface area contributed by atoms with Gasteiger partial charge in [-0.25, -0.2) is 4.98 Å². The first kappa shape index (κ1) is 22.5. The first-order chi connectivity index (χ1) is 15.9. The molecule has 170 valence electrons. The van der Waals surface area contributed by atoms with Crippen molar-refractivity contribution in [2.45, 2.75) is 53.1 Å². The number of carbonyl (C=O) groups excluding carboxylic acids is 1. The van der Waals surface area contributed by atoms with E-state index in [2.05, 4.69) is 16.0 Å². The summed E-state index contributed by atoms with van der Waals surface area (Å²) in [5.74, 6) is 0.609. The van der Waals surface area contributed by atoms with Crippen molar-refractivity contribution in [3.05, 3.63) is 69.3 Å². The molecule has 0 amide bonds. The van der Waals surface area contributed by atoms with Crippen LogP contribution >= 0.6 is 0 Å². The van der Waals surface area contributed by atoms with E-state index in [1.807, 2.05) is 49.6 Å². The molecule has 1 saturated heterocycles. The number of rotatable bonds is 6. The Bertz CT molecular complexity index is 1330. The quantitative estimate of drug-likeness (QED) is 0.421. The molecule has 1 aliphatic heterocycles. The molecule has 7 heteroatoms. The monoisotopic (exact) mass is 443 g/mol. The van der Waals surface area contributed by atoms with Gasteiger partial charge in [0.2, 0.25) is 0 Å². The number of hydrogen-bond acceptors (Lipinski definition) is 5. The standard InChI is InChI=1S/C26H29N5O2/c1-18(2)10-13-31-24-23(21(15-27)25(31)29-11-5-4-6-12-29)28-17-30(26(24)33)16-22(32)20-9-7-8-19(3)14-20/h7-10,14,17H,4-6,11-13,16H2,1-3H3. The molecule has 1 aliphatic rings. The molecule has 0 saturated carbocycles. The van der Waals surface area contributed by atoms with Crippen molar-refractivity contribution in [1.82, 2.24) is 14.1 Å². The first-order valence-corrected chi connectivity index (χ1v) is 11.4. The summed E-state index contributed by atoms with van der Waals surface area (Å²) in [6.45, 7) is 8.01. The van der Waals surface area contributed by atoms with Gasteiger partial charge in [-0.2, -0.15) is 5.26 Å². The van der Waals surface area contributed by atoms with Gasteiger partial charge in [-0.1, -0.05) is 35.4 Å². The number of nitriles is 1. The normalized spacial score (nSPS) is 13.7. The molecule has 0 unspecified atom stereocenters. The summed E-state index contributed by atoms with van der Waals surface area (Å²) in [6.07, 6.45) is 6.71. The van der Waals surface area contributed by atoms with Crippen molar-refractivity contribution in [1.29, 1.82) is 5.26 Å². The molecular weight excluding hydrogens is 414 g/mol. The second-order valence-electron chi connectivity index (χ2n) is 8.92. The molecule has 3 aromatic rings. The molecule has 1 aromatic carbocycles. The van der Waals surface area contributed by atoms with Crippen molar-refractivity contribution in [2.75, 3.05) is 18.0 Å². The van der Waals surface area contributed by atoms with Crippen LogP contribution in [0.1, 0.15) is 54.6 Å². The minimum absolute atomic E-state index is 0.0972. The van der Waals surface area contributed by atoms with Crippen LogP contribution in [0, 0.1) is 18.3 Å². The molecule has 0 radical (unpaired) electrons. The fourth-order valence-electron chi connectivity index (χ4n) is 4.42. The van der Waals surface area contributed by atoms with E-state index in [-0.39, 0.29) is 17.9 Å². The number of fused-ring (bicyclic) bond motifs is 1. The van der Waals surface area contributed by atoms with E-state index in [0.717, 1.165) is 42.9 Å². The van der Waals surface area contributed by atoms with Crippen LogP contribution in [-0.4, -0.2) is 33.0 Å². The summed E-state index contributed by atoms with van der Waals surface area (Å²) in [5, 5.41) is 10.0. The molecule has 0 bridgehead atoms. The molecule has 4 rings (SSSR count). The van der Waals surface area contributed by atoms with Crippen LogP contribution in [0.2, 0.25) is 0 Å². The number of aromatic nitrogens is 3. The fourth-order valence-corrected chi connectivity index (χ4v) is 4.42. The lowest BCUT2D eigenvalue weighted by Crippen LogP contribution is -2.32. The Morgan fingerprint density at radius 1 is 1.21 bits per heavy atom. The molecular formula is C26H29N5O2. The summed E-state index contributed by atoms with van der Waals surface area (Å²) in [5.41, 5.74) is 3.59. The summed E-state index contributed by atoms with van der Waals surface area (Å²) < 4.78 is 3.27. The maximum atomic E-state index is 13.6. The van der Waals surface area contributed by atoms with Gasteiger partial charge in [0.15, 0.2) is 5.78 Å². The van der Waals surface area contributed by atoms with Gasteiger partial charge >= 0.3 is 0 Å². The Morgan fingerprint density at radius 3 is 2.64 bits per heavy atom. The summed E-state index contributed by atoms with van der Waals surface area (Å²) in [6, 6.07) is 9.64. The highest BCUT2D eigenvalue weighted by Crippen LogP contribution is 2.31. The summed E-state index contributed by atoms with van der Waals surface area (Å²) in [7, 11) is 0. The Hall–Kier alpha value is -3.66. The number of benzene rings is 1. The van der Waals surface area contributed by atoms with E-state index in [9.17, 15) is 14.9 Å². The van der Waals surface area contributed by atoms with Gasteiger partial charge in [0.1, 0.15) is 28.5 Å². The number of aryl methyl sites for hydroxylation is 1. The smallest absolute Gasteiger partial charge is 0.278 e. The third-order valence-corrected chi connectivity index (χ3v) is 6.10.